The van der Waals surface area contributed by atoms with Crippen molar-refractivity contribution in [2.24, 2.45) is 0 Å². The second kappa shape index (κ2) is 3.50. The number of hydrogen-bond acceptors (Lipinski definition) is 1. The van der Waals surface area contributed by atoms with Gasteiger partial charge in [0.15, 0.2) is 0 Å². The van der Waals surface area contributed by atoms with Crippen LogP contribution < -0.4 is 0 Å². The maximum Gasteiger partial charge on any atom is 0.134 e. The van der Waals surface area contributed by atoms with Crippen molar-refractivity contribution in [1.29, 1.82) is 0 Å². The Balaban J connectivity index is 2.47. The van der Waals surface area contributed by atoms with Gasteiger partial charge in [0.25, 0.3) is 0 Å². The zero-order chi connectivity index (χ0) is 10.1. The summed E-state index contributed by atoms with van der Waals surface area (Å²) in [6.45, 7) is 3.92. The van der Waals surface area contributed by atoms with Crippen molar-refractivity contribution in [2.45, 2.75) is 13.8 Å². The molecular weight excluding hydrogens is 196 g/mol. The topological polar surface area (TPSA) is 13.1 Å². The Morgan fingerprint density at radius 1 is 1.07 bits per heavy atom. The Kier molecular flexibility index (Phi) is 2.34. The van der Waals surface area contributed by atoms with Crippen molar-refractivity contribution in [3.05, 3.63) is 46.7 Å². The minimum absolute atomic E-state index is 0.775. The minimum atomic E-state index is 0.775. The van der Waals surface area contributed by atoms with Crippen LogP contribution >= 0.6 is 11.6 Å². The summed E-state index contributed by atoms with van der Waals surface area (Å²) < 4.78 is 5.51. The molecule has 72 valence electrons. The van der Waals surface area contributed by atoms with Gasteiger partial charge in [-0.25, -0.2) is 0 Å². The van der Waals surface area contributed by atoms with Crippen molar-refractivity contribution < 1.29 is 4.42 Å². The summed E-state index contributed by atoms with van der Waals surface area (Å²) >= 11 is 6.03. The fourth-order valence-electron chi connectivity index (χ4n) is 1.34. The number of furan rings is 1. The molecule has 2 aromatic rings. The first-order valence-corrected chi connectivity index (χ1v) is 4.87. The van der Waals surface area contributed by atoms with E-state index in [4.69, 9.17) is 16.0 Å². The van der Waals surface area contributed by atoms with Crippen LogP contribution in [-0.4, -0.2) is 0 Å². The number of aryl methyl sites for hydroxylation is 2. The quantitative estimate of drug-likeness (QED) is 0.681. The summed E-state index contributed by atoms with van der Waals surface area (Å²) in [5.74, 6) is 1.78. The number of rotatable bonds is 1. The van der Waals surface area contributed by atoms with E-state index in [0.29, 0.717) is 0 Å². The van der Waals surface area contributed by atoms with Crippen LogP contribution in [0.15, 0.2) is 34.7 Å². The van der Waals surface area contributed by atoms with Gasteiger partial charge < -0.3 is 4.42 Å². The predicted molar refractivity (Wildman–Crippen MR) is 58.6 cm³/mol. The van der Waals surface area contributed by atoms with E-state index in [0.717, 1.165) is 27.7 Å². The Bertz CT molecular complexity index is 457. The maximum absolute atomic E-state index is 6.03. The zero-order valence-corrected chi connectivity index (χ0v) is 8.93. The first-order valence-electron chi connectivity index (χ1n) is 4.50. The highest BCUT2D eigenvalue weighted by Gasteiger charge is 2.03. The average molecular weight is 207 g/mol. The van der Waals surface area contributed by atoms with Gasteiger partial charge in [-0.1, -0.05) is 23.7 Å². The van der Waals surface area contributed by atoms with Crippen molar-refractivity contribution in [3.63, 3.8) is 0 Å². The van der Waals surface area contributed by atoms with Gasteiger partial charge >= 0.3 is 0 Å². The van der Waals surface area contributed by atoms with Gasteiger partial charge in [0.2, 0.25) is 0 Å². The van der Waals surface area contributed by atoms with Crippen molar-refractivity contribution >= 4 is 11.6 Å². The van der Waals surface area contributed by atoms with Crippen LogP contribution in [0.3, 0.4) is 0 Å². The molecule has 0 aliphatic heterocycles. The third-order valence-electron chi connectivity index (χ3n) is 2.20. The molecule has 0 saturated heterocycles. The van der Waals surface area contributed by atoms with Crippen LogP contribution in [-0.2, 0) is 0 Å². The van der Waals surface area contributed by atoms with Crippen LogP contribution in [0, 0.1) is 13.8 Å². The molecule has 0 spiro atoms. The van der Waals surface area contributed by atoms with E-state index in [-0.39, 0.29) is 0 Å². The minimum Gasteiger partial charge on any atom is -0.461 e. The van der Waals surface area contributed by atoms with Gasteiger partial charge in [-0.05, 0) is 37.6 Å². The molecule has 0 N–H and O–H groups in total. The highest BCUT2D eigenvalue weighted by molar-refractivity contribution is 6.31. The molecular formula is C12H11ClO. The van der Waals surface area contributed by atoms with E-state index in [1.807, 2.05) is 44.2 Å². The fourth-order valence-corrected chi connectivity index (χ4v) is 1.52. The number of benzene rings is 1. The molecule has 0 amide bonds. The van der Waals surface area contributed by atoms with Gasteiger partial charge in [0.1, 0.15) is 11.5 Å². The third-order valence-corrected chi connectivity index (χ3v) is 2.60. The maximum atomic E-state index is 6.03. The molecule has 0 bridgehead atoms. The summed E-state index contributed by atoms with van der Waals surface area (Å²) in [7, 11) is 0. The van der Waals surface area contributed by atoms with Crippen LogP contribution in [0.4, 0.5) is 0 Å². The lowest BCUT2D eigenvalue weighted by Gasteiger charge is -2.00. The lowest BCUT2D eigenvalue weighted by Crippen LogP contribution is -1.77. The van der Waals surface area contributed by atoms with E-state index in [1.165, 1.54) is 0 Å². The van der Waals surface area contributed by atoms with Crippen LogP contribution in [0.2, 0.25) is 5.02 Å². The standard InChI is InChI=1S/C12H11ClO/c1-8-3-5-10(7-11(8)13)12-6-4-9(2)14-12/h3-7H,1-2H3. The summed E-state index contributed by atoms with van der Waals surface area (Å²) in [5, 5.41) is 0.775. The Labute approximate surface area is 88.3 Å². The third kappa shape index (κ3) is 1.68. The van der Waals surface area contributed by atoms with Crippen LogP contribution in [0.5, 0.6) is 0 Å². The van der Waals surface area contributed by atoms with Crippen molar-refractivity contribution in [2.75, 3.05) is 0 Å². The largest absolute Gasteiger partial charge is 0.461 e. The molecule has 0 saturated carbocycles. The molecule has 1 nitrogen and oxygen atoms in total. The molecule has 0 aliphatic rings. The van der Waals surface area contributed by atoms with Gasteiger partial charge in [0, 0.05) is 10.6 Å². The molecule has 0 atom stereocenters. The molecule has 0 aliphatic carbocycles. The van der Waals surface area contributed by atoms with Gasteiger partial charge in [-0.15, -0.1) is 0 Å². The Morgan fingerprint density at radius 3 is 2.43 bits per heavy atom. The van der Waals surface area contributed by atoms with Crippen LogP contribution in [0.25, 0.3) is 11.3 Å². The second-order valence-electron chi connectivity index (χ2n) is 3.37. The van der Waals surface area contributed by atoms with E-state index < -0.39 is 0 Å². The number of halogens is 1. The zero-order valence-electron chi connectivity index (χ0n) is 8.17. The summed E-state index contributed by atoms with van der Waals surface area (Å²) in [5.41, 5.74) is 2.10. The van der Waals surface area contributed by atoms with Crippen molar-refractivity contribution in [1.82, 2.24) is 0 Å². The molecule has 0 fully saturated rings. The lowest BCUT2D eigenvalue weighted by atomic mass is 10.1. The molecule has 0 radical (unpaired) electrons. The highest BCUT2D eigenvalue weighted by atomic mass is 35.5. The lowest BCUT2D eigenvalue weighted by molar-refractivity contribution is 0.548. The highest BCUT2D eigenvalue weighted by Crippen LogP contribution is 2.26. The SMILES string of the molecule is Cc1ccc(-c2ccc(C)c(Cl)c2)o1. The number of hydrogen-bond donors (Lipinski definition) is 0. The summed E-state index contributed by atoms with van der Waals surface area (Å²) in [6.07, 6.45) is 0. The average Bonchev–Trinajstić information content (AvgIpc) is 2.57. The smallest absolute Gasteiger partial charge is 0.134 e. The van der Waals surface area contributed by atoms with E-state index >= 15 is 0 Å². The summed E-state index contributed by atoms with van der Waals surface area (Å²) in [4.78, 5) is 0. The molecule has 14 heavy (non-hydrogen) atoms. The monoisotopic (exact) mass is 206 g/mol. The van der Waals surface area contributed by atoms with E-state index in [2.05, 4.69) is 0 Å². The van der Waals surface area contributed by atoms with Gasteiger partial charge in [0.05, 0.1) is 0 Å². The molecule has 1 aromatic carbocycles. The Morgan fingerprint density at radius 2 is 1.86 bits per heavy atom. The molecule has 1 aromatic heterocycles. The molecule has 1 heterocycles. The normalized spacial score (nSPS) is 10.5. The van der Waals surface area contributed by atoms with Crippen molar-refractivity contribution in [3.8, 4) is 11.3 Å². The second-order valence-corrected chi connectivity index (χ2v) is 3.78. The van der Waals surface area contributed by atoms with Crippen LogP contribution in [0.1, 0.15) is 11.3 Å². The first-order chi connectivity index (χ1) is 6.66. The first kappa shape index (κ1) is 9.35. The van der Waals surface area contributed by atoms with Gasteiger partial charge in [-0.3, -0.25) is 0 Å². The molecule has 2 heteroatoms. The van der Waals surface area contributed by atoms with E-state index in [9.17, 15) is 0 Å². The fraction of sp³-hybridized carbons (Fsp3) is 0.167. The Hall–Kier alpha value is -1.21. The van der Waals surface area contributed by atoms with Gasteiger partial charge in [-0.2, -0.15) is 0 Å². The van der Waals surface area contributed by atoms with E-state index in [1.54, 1.807) is 0 Å². The molecule has 2 rings (SSSR count). The predicted octanol–water partition coefficient (Wildman–Crippen LogP) is 4.22. The summed E-state index contributed by atoms with van der Waals surface area (Å²) in [6, 6.07) is 9.84. The molecule has 0 unspecified atom stereocenters.